The minimum atomic E-state index is -0.0718. The lowest BCUT2D eigenvalue weighted by molar-refractivity contribution is -0.128. The topological polar surface area (TPSA) is 61.4 Å². The highest BCUT2D eigenvalue weighted by molar-refractivity contribution is 7.10. The second kappa shape index (κ2) is 7.13. The number of hydrogen-bond acceptors (Lipinski definition) is 4. The van der Waals surface area contributed by atoms with Crippen LogP contribution >= 0.6 is 11.3 Å². The van der Waals surface area contributed by atoms with Crippen molar-refractivity contribution in [1.29, 1.82) is 0 Å². The molecule has 0 saturated carbocycles. The molecular formula is C12H19N3O2S. The SMILES string of the molecule is CC(=O)Nc1ccsc1CNCCC(=O)N(C)C. The summed E-state index contributed by atoms with van der Waals surface area (Å²) in [5.74, 6) is 0.0354. The summed E-state index contributed by atoms with van der Waals surface area (Å²) in [6.45, 7) is 2.78. The van der Waals surface area contributed by atoms with Crippen LogP contribution in [0.2, 0.25) is 0 Å². The number of rotatable bonds is 6. The first-order valence-corrected chi connectivity index (χ1v) is 6.63. The van der Waals surface area contributed by atoms with Gasteiger partial charge in [0.25, 0.3) is 0 Å². The summed E-state index contributed by atoms with van der Waals surface area (Å²) in [7, 11) is 3.49. The largest absolute Gasteiger partial charge is 0.349 e. The van der Waals surface area contributed by atoms with Gasteiger partial charge in [0.2, 0.25) is 11.8 Å². The molecule has 0 aromatic carbocycles. The van der Waals surface area contributed by atoms with E-state index in [4.69, 9.17) is 0 Å². The molecule has 0 spiro atoms. The maximum Gasteiger partial charge on any atom is 0.223 e. The molecule has 1 aromatic rings. The summed E-state index contributed by atoms with van der Waals surface area (Å²) in [6, 6.07) is 1.88. The number of carbonyl (C=O) groups is 2. The third-order valence-electron chi connectivity index (χ3n) is 2.36. The molecule has 1 rings (SSSR count). The van der Waals surface area contributed by atoms with Gasteiger partial charge in [-0.15, -0.1) is 11.3 Å². The van der Waals surface area contributed by atoms with Gasteiger partial charge < -0.3 is 15.5 Å². The van der Waals surface area contributed by atoms with Crippen LogP contribution in [-0.2, 0) is 16.1 Å². The van der Waals surface area contributed by atoms with E-state index in [0.717, 1.165) is 10.6 Å². The van der Waals surface area contributed by atoms with Gasteiger partial charge in [0.1, 0.15) is 0 Å². The molecule has 0 aliphatic carbocycles. The van der Waals surface area contributed by atoms with Gasteiger partial charge >= 0.3 is 0 Å². The highest BCUT2D eigenvalue weighted by Crippen LogP contribution is 2.21. The van der Waals surface area contributed by atoms with Crippen LogP contribution in [0.5, 0.6) is 0 Å². The summed E-state index contributed by atoms with van der Waals surface area (Å²) < 4.78 is 0. The predicted octanol–water partition coefficient (Wildman–Crippen LogP) is 1.27. The van der Waals surface area contributed by atoms with Crippen LogP contribution in [0, 0.1) is 0 Å². The van der Waals surface area contributed by atoms with Gasteiger partial charge in [0.05, 0.1) is 5.69 Å². The molecule has 6 heteroatoms. The van der Waals surface area contributed by atoms with Crippen molar-refractivity contribution in [2.24, 2.45) is 0 Å². The first kappa shape index (κ1) is 14.7. The van der Waals surface area contributed by atoms with Crippen molar-refractivity contribution in [2.45, 2.75) is 19.9 Å². The van der Waals surface area contributed by atoms with Crippen LogP contribution in [0.25, 0.3) is 0 Å². The van der Waals surface area contributed by atoms with Crippen molar-refractivity contribution in [3.63, 3.8) is 0 Å². The fraction of sp³-hybridized carbons (Fsp3) is 0.500. The number of carbonyl (C=O) groups excluding carboxylic acids is 2. The van der Waals surface area contributed by atoms with Gasteiger partial charge in [-0.05, 0) is 11.4 Å². The minimum Gasteiger partial charge on any atom is -0.349 e. The molecule has 18 heavy (non-hydrogen) atoms. The average Bonchev–Trinajstić information content (AvgIpc) is 2.70. The van der Waals surface area contributed by atoms with Crippen molar-refractivity contribution in [1.82, 2.24) is 10.2 Å². The molecule has 5 nitrogen and oxygen atoms in total. The number of thiophene rings is 1. The van der Waals surface area contributed by atoms with Gasteiger partial charge in [-0.1, -0.05) is 0 Å². The Morgan fingerprint density at radius 3 is 2.72 bits per heavy atom. The van der Waals surface area contributed by atoms with Gasteiger partial charge in [0, 0.05) is 45.4 Å². The summed E-state index contributed by atoms with van der Waals surface area (Å²) in [5, 5.41) is 7.91. The van der Waals surface area contributed by atoms with Gasteiger partial charge in [-0.25, -0.2) is 0 Å². The zero-order chi connectivity index (χ0) is 13.5. The van der Waals surface area contributed by atoms with Crippen molar-refractivity contribution < 1.29 is 9.59 Å². The number of hydrogen-bond donors (Lipinski definition) is 2. The average molecular weight is 269 g/mol. The number of amides is 2. The molecule has 100 valence electrons. The second-order valence-electron chi connectivity index (χ2n) is 4.15. The summed E-state index contributed by atoms with van der Waals surface area (Å²) in [5.41, 5.74) is 0.846. The Morgan fingerprint density at radius 2 is 2.11 bits per heavy atom. The van der Waals surface area contributed by atoms with Crippen LogP contribution in [0.3, 0.4) is 0 Å². The minimum absolute atomic E-state index is 0.0718. The molecule has 0 bridgehead atoms. The Morgan fingerprint density at radius 1 is 1.39 bits per heavy atom. The highest BCUT2D eigenvalue weighted by atomic mass is 32.1. The zero-order valence-electron chi connectivity index (χ0n) is 10.9. The summed E-state index contributed by atoms with van der Waals surface area (Å²) >= 11 is 1.58. The van der Waals surface area contributed by atoms with Gasteiger partial charge in [0.15, 0.2) is 0 Å². The molecular weight excluding hydrogens is 250 g/mol. The fourth-order valence-electron chi connectivity index (χ4n) is 1.40. The third-order valence-corrected chi connectivity index (χ3v) is 3.28. The molecule has 2 amide bonds. The maximum absolute atomic E-state index is 11.3. The predicted molar refractivity (Wildman–Crippen MR) is 73.6 cm³/mol. The van der Waals surface area contributed by atoms with Crippen LogP contribution in [0.1, 0.15) is 18.2 Å². The Bertz CT molecular complexity index is 415. The van der Waals surface area contributed by atoms with E-state index in [1.165, 1.54) is 6.92 Å². The van der Waals surface area contributed by atoms with E-state index in [0.29, 0.717) is 19.5 Å². The molecule has 0 saturated heterocycles. The van der Waals surface area contributed by atoms with E-state index in [1.54, 1.807) is 30.3 Å². The third kappa shape index (κ3) is 4.85. The van der Waals surface area contributed by atoms with Crippen LogP contribution in [-0.4, -0.2) is 37.4 Å². The van der Waals surface area contributed by atoms with Gasteiger partial charge in [-0.3, -0.25) is 9.59 Å². The van der Waals surface area contributed by atoms with Crippen molar-refractivity contribution >= 4 is 28.8 Å². The second-order valence-corrected chi connectivity index (χ2v) is 5.15. The van der Waals surface area contributed by atoms with E-state index in [-0.39, 0.29) is 11.8 Å². The number of nitrogens with one attached hydrogen (secondary N) is 2. The van der Waals surface area contributed by atoms with E-state index in [2.05, 4.69) is 10.6 Å². The summed E-state index contributed by atoms with van der Waals surface area (Å²) in [6.07, 6.45) is 0.480. The molecule has 1 aromatic heterocycles. The number of nitrogens with zero attached hydrogens (tertiary/aromatic N) is 1. The van der Waals surface area contributed by atoms with E-state index < -0.39 is 0 Å². The molecule has 0 fully saturated rings. The Kier molecular flexibility index (Phi) is 5.80. The molecule has 0 aliphatic rings. The maximum atomic E-state index is 11.3. The summed E-state index contributed by atoms with van der Waals surface area (Å²) in [4.78, 5) is 25.0. The molecule has 0 atom stereocenters. The quantitative estimate of drug-likeness (QED) is 0.765. The normalized spacial score (nSPS) is 10.2. The van der Waals surface area contributed by atoms with Crippen LogP contribution in [0.4, 0.5) is 5.69 Å². The van der Waals surface area contributed by atoms with E-state index in [1.807, 2.05) is 11.4 Å². The van der Waals surface area contributed by atoms with Crippen molar-refractivity contribution in [3.8, 4) is 0 Å². The standard InChI is InChI=1S/C12H19N3O2S/c1-9(16)14-10-5-7-18-11(10)8-13-6-4-12(17)15(2)3/h5,7,13H,4,6,8H2,1-3H3,(H,14,16). The smallest absolute Gasteiger partial charge is 0.223 e. The Hall–Kier alpha value is -1.40. The highest BCUT2D eigenvalue weighted by Gasteiger charge is 2.06. The first-order chi connectivity index (χ1) is 8.50. The van der Waals surface area contributed by atoms with Crippen molar-refractivity contribution in [3.05, 3.63) is 16.3 Å². The Labute approximate surface area is 111 Å². The lowest BCUT2D eigenvalue weighted by Gasteiger charge is -2.10. The van der Waals surface area contributed by atoms with Gasteiger partial charge in [-0.2, -0.15) is 0 Å². The van der Waals surface area contributed by atoms with E-state index in [9.17, 15) is 9.59 Å². The molecule has 1 heterocycles. The molecule has 0 unspecified atom stereocenters. The molecule has 2 N–H and O–H groups in total. The van der Waals surface area contributed by atoms with Crippen molar-refractivity contribution in [2.75, 3.05) is 26.0 Å². The van der Waals surface area contributed by atoms with Crippen LogP contribution in [0.15, 0.2) is 11.4 Å². The molecule has 0 radical (unpaired) electrons. The van der Waals surface area contributed by atoms with Crippen LogP contribution < -0.4 is 10.6 Å². The van der Waals surface area contributed by atoms with E-state index >= 15 is 0 Å². The fourth-order valence-corrected chi connectivity index (χ4v) is 2.20. The zero-order valence-corrected chi connectivity index (χ0v) is 11.8. The Balaban J connectivity index is 2.33. The first-order valence-electron chi connectivity index (χ1n) is 5.75. The number of anilines is 1. The lowest BCUT2D eigenvalue weighted by Crippen LogP contribution is -2.26. The molecule has 0 aliphatic heterocycles. The lowest BCUT2D eigenvalue weighted by atomic mass is 10.3. The monoisotopic (exact) mass is 269 g/mol.